The Kier molecular flexibility index (Phi) is 1.81. The molecule has 1 nitrogen and oxygen atoms in total. The van der Waals surface area contributed by atoms with E-state index in [4.69, 9.17) is 4.98 Å². The first-order valence-electron chi connectivity index (χ1n) is 5.11. The minimum atomic E-state index is 0.751. The number of fused-ring (bicyclic) bond motifs is 1. The van der Waals surface area contributed by atoms with Gasteiger partial charge in [0.15, 0.2) is 0 Å². The van der Waals surface area contributed by atoms with Crippen molar-refractivity contribution in [2.45, 2.75) is 32.1 Å². The second-order valence-electron chi connectivity index (χ2n) is 4.29. The molecule has 0 unspecified atom stereocenters. The SMILES string of the molecule is CC1=C(Br)c2nc(C3CC3)ccc2C1. The summed E-state index contributed by atoms with van der Waals surface area (Å²) in [6.45, 7) is 2.17. The van der Waals surface area contributed by atoms with Crippen LogP contribution in [0, 0.1) is 0 Å². The lowest BCUT2D eigenvalue weighted by Gasteiger charge is -2.02. The van der Waals surface area contributed by atoms with Gasteiger partial charge in [0.1, 0.15) is 0 Å². The number of hydrogen-bond acceptors (Lipinski definition) is 1. The summed E-state index contributed by atoms with van der Waals surface area (Å²) in [5.74, 6) is 0.751. The number of allylic oxidation sites excluding steroid dienone is 1. The Hall–Kier alpha value is -0.630. The highest BCUT2D eigenvalue weighted by Gasteiger charge is 2.27. The highest BCUT2D eigenvalue weighted by atomic mass is 79.9. The van der Waals surface area contributed by atoms with Crippen LogP contribution in [0.3, 0.4) is 0 Å². The van der Waals surface area contributed by atoms with E-state index in [9.17, 15) is 0 Å². The molecular weight excluding hydrogens is 238 g/mol. The van der Waals surface area contributed by atoms with Crippen LogP contribution in [-0.2, 0) is 6.42 Å². The number of aromatic nitrogens is 1. The molecule has 3 rings (SSSR count). The lowest BCUT2D eigenvalue weighted by atomic mass is 10.1. The predicted octanol–water partition coefficient (Wildman–Crippen LogP) is 3.64. The highest BCUT2D eigenvalue weighted by Crippen LogP contribution is 2.42. The van der Waals surface area contributed by atoms with Gasteiger partial charge in [-0.15, -0.1) is 0 Å². The molecule has 1 aromatic heterocycles. The quantitative estimate of drug-likeness (QED) is 0.741. The summed E-state index contributed by atoms with van der Waals surface area (Å²) in [6, 6.07) is 4.45. The predicted molar refractivity (Wildman–Crippen MR) is 61.4 cm³/mol. The Bertz CT molecular complexity index is 430. The molecule has 0 N–H and O–H groups in total. The van der Waals surface area contributed by atoms with E-state index in [2.05, 4.69) is 35.0 Å². The van der Waals surface area contributed by atoms with Gasteiger partial charge in [-0.05, 0) is 53.7 Å². The monoisotopic (exact) mass is 249 g/mol. The van der Waals surface area contributed by atoms with Gasteiger partial charge in [0.2, 0.25) is 0 Å². The van der Waals surface area contributed by atoms with Crippen molar-refractivity contribution >= 4 is 20.4 Å². The number of pyridine rings is 1. The zero-order chi connectivity index (χ0) is 9.71. The van der Waals surface area contributed by atoms with Gasteiger partial charge in [-0.3, -0.25) is 4.98 Å². The van der Waals surface area contributed by atoms with E-state index in [1.807, 2.05) is 0 Å². The molecule has 14 heavy (non-hydrogen) atoms. The van der Waals surface area contributed by atoms with Crippen molar-refractivity contribution in [3.63, 3.8) is 0 Å². The molecule has 0 amide bonds. The first-order chi connectivity index (χ1) is 6.75. The summed E-state index contributed by atoms with van der Waals surface area (Å²) < 4.78 is 1.22. The van der Waals surface area contributed by atoms with Crippen LogP contribution in [0.25, 0.3) is 4.48 Å². The average molecular weight is 250 g/mol. The molecule has 0 bridgehead atoms. The molecule has 0 spiro atoms. The van der Waals surface area contributed by atoms with Crippen LogP contribution in [0.2, 0.25) is 0 Å². The average Bonchev–Trinajstić information content (AvgIpc) is 2.97. The van der Waals surface area contributed by atoms with Gasteiger partial charge in [-0.25, -0.2) is 0 Å². The zero-order valence-corrected chi connectivity index (χ0v) is 9.76. The van der Waals surface area contributed by atoms with Crippen LogP contribution in [0.1, 0.15) is 42.6 Å². The second kappa shape index (κ2) is 2.93. The maximum absolute atomic E-state index is 4.74. The molecule has 72 valence electrons. The minimum Gasteiger partial charge on any atom is -0.252 e. The van der Waals surface area contributed by atoms with Crippen LogP contribution in [0.15, 0.2) is 17.7 Å². The van der Waals surface area contributed by atoms with Gasteiger partial charge in [0.25, 0.3) is 0 Å². The fourth-order valence-electron chi connectivity index (χ4n) is 2.01. The normalized spacial score (nSPS) is 20.1. The lowest BCUT2D eigenvalue weighted by molar-refractivity contribution is 1.00. The summed E-state index contributed by atoms with van der Waals surface area (Å²) in [7, 11) is 0. The van der Waals surface area contributed by atoms with Crippen LogP contribution in [0.4, 0.5) is 0 Å². The standard InChI is InChI=1S/C12H12BrN/c1-7-6-9-4-5-10(8-2-3-8)14-12(9)11(7)13/h4-5,8H,2-3,6H2,1H3. The Morgan fingerprint density at radius 1 is 1.36 bits per heavy atom. The van der Waals surface area contributed by atoms with Crippen molar-refractivity contribution in [2.75, 3.05) is 0 Å². The Morgan fingerprint density at radius 2 is 2.14 bits per heavy atom. The molecule has 0 aromatic carbocycles. The van der Waals surface area contributed by atoms with E-state index in [0.717, 1.165) is 12.3 Å². The number of hydrogen-bond donors (Lipinski definition) is 0. The molecular formula is C12H12BrN. The van der Waals surface area contributed by atoms with E-state index in [1.54, 1.807) is 0 Å². The molecule has 2 heteroatoms. The maximum Gasteiger partial charge on any atom is 0.0809 e. The van der Waals surface area contributed by atoms with Crippen LogP contribution in [-0.4, -0.2) is 4.98 Å². The number of nitrogens with zero attached hydrogens (tertiary/aromatic N) is 1. The summed E-state index contributed by atoms with van der Waals surface area (Å²) in [6.07, 6.45) is 3.71. The maximum atomic E-state index is 4.74. The third-order valence-electron chi connectivity index (χ3n) is 3.03. The Morgan fingerprint density at radius 3 is 2.86 bits per heavy atom. The van der Waals surface area contributed by atoms with Gasteiger partial charge in [-0.1, -0.05) is 11.6 Å². The highest BCUT2D eigenvalue weighted by molar-refractivity contribution is 9.15. The fraction of sp³-hybridized carbons (Fsp3) is 0.417. The van der Waals surface area contributed by atoms with Crippen molar-refractivity contribution in [3.05, 3.63) is 34.7 Å². The third-order valence-corrected chi connectivity index (χ3v) is 4.09. The largest absolute Gasteiger partial charge is 0.252 e. The van der Waals surface area contributed by atoms with E-state index in [0.29, 0.717) is 0 Å². The molecule has 0 radical (unpaired) electrons. The van der Waals surface area contributed by atoms with Gasteiger partial charge >= 0.3 is 0 Å². The molecule has 1 fully saturated rings. The summed E-state index contributed by atoms with van der Waals surface area (Å²) in [4.78, 5) is 4.74. The molecule has 0 saturated heterocycles. The summed E-state index contributed by atoms with van der Waals surface area (Å²) in [5.41, 5.74) is 5.25. The van der Waals surface area contributed by atoms with Crippen LogP contribution in [0.5, 0.6) is 0 Å². The van der Waals surface area contributed by atoms with Crippen molar-refractivity contribution in [1.29, 1.82) is 0 Å². The third kappa shape index (κ3) is 1.24. The smallest absolute Gasteiger partial charge is 0.0809 e. The molecule has 0 atom stereocenters. The van der Waals surface area contributed by atoms with Crippen molar-refractivity contribution in [3.8, 4) is 0 Å². The van der Waals surface area contributed by atoms with E-state index < -0.39 is 0 Å². The summed E-state index contributed by atoms with van der Waals surface area (Å²) >= 11 is 3.62. The van der Waals surface area contributed by atoms with Gasteiger partial charge in [0.05, 0.1) is 5.69 Å². The van der Waals surface area contributed by atoms with Gasteiger partial charge in [-0.2, -0.15) is 0 Å². The van der Waals surface area contributed by atoms with Gasteiger partial charge in [0, 0.05) is 16.1 Å². The van der Waals surface area contributed by atoms with Gasteiger partial charge < -0.3 is 0 Å². The molecule has 1 heterocycles. The van der Waals surface area contributed by atoms with E-state index in [1.165, 1.54) is 39.8 Å². The molecule has 2 aliphatic rings. The molecule has 0 aliphatic heterocycles. The first kappa shape index (κ1) is 8.66. The lowest BCUT2D eigenvalue weighted by Crippen LogP contribution is -1.92. The molecule has 1 aromatic rings. The van der Waals surface area contributed by atoms with Crippen molar-refractivity contribution < 1.29 is 0 Å². The molecule has 2 aliphatic carbocycles. The Labute approximate surface area is 92.4 Å². The number of halogens is 1. The fourth-order valence-corrected chi connectivity index (χ4v) is 2.49. The second-order valence-corrected chi connectivity index (χ2v) is 5.08. The zero-order valence-electron chi connectivity index (χ0n) is 8.18. The van der Waals surface area contributed by atoms with Crippen LogP contribution < -0.4 is 0 Å². The minimum absolute atomic E-state index is 0.751. The topological polar surface area (TPSA) is 12.9 Å². The Balaban J connectivity index is 2.09. The summed E-state index contributed by atoms with van der Waals surface area (Å²) in [5, 5.41) is 0. The van der Waals surface area contributed by atoms with E-state index >= 15 is 0 Å². The van der Waals surface area contributed by atoms with E-state index in [-0.39, 0.29) is 0 Å². The van der Waals surface area contributed by atoms with Crippen molar-refractivity contribution in [1.82, 2.24) is 4.98 Å². The van der Waals surface area contributed by atoms with Crippen molar-refractivity contribution in [2.24, 2.45) is 0 Å². The molecule has 1 saturated carbocycles. The van der Waals surface area contributed by atoms with Crippen LogP contribution >= 0.6 is 15.9 Å². The first-order valence-corrected chi connectivity index (χ1v) is 5.90. The number of rotatable bonds is 1.